The zero-order valence-electron chi connectivity index (χ0n) is 20.5. The first-order chi connectivity index (χ1) is 17.0. The highest BCUT2D eigenvalue weighted by molar-refractivity contribution is 6.30. The Morgan fingerprint density at radius 2 is 1.74 bits per heavy atom. The van der Waals surface area contributed by atoms with Crippen molar-refractivity contribution in [3.8, 4) is 11.5 Å². The summed E-state index contributed by atoms with van der Waals surface area (Å²) in [5.41, 5.74) is 4.07. The summed E-state index contributed by atoms with van der Waals surface area (Å²) in [6, 6.07) is 21.8. The van der Waals surface area contributed by atoms with Gasteiger partial charge in [-0.3, -0.25) is 9.69 Å². The van der Waals surface area contributed by atoms with Crippen LogP contribution in [0, 0.1) is 0 Å². The number of hydrogen-bond acceptors (Lipinski definition) is 5. The molecule has 1 unspecified atom stereocenters. The fourth-order valence-corrected chi connectivity index (χ4v) is 4.55. The van der Waals surface area contributed by atoms with Crippen molar-refractivity contribution in [1.29, 1.82) is 0 Å². The Hall–Kier alpha value is -3.22. The van der Waals surface area contributed by atoms with Gasteiger partial charge in [-0.25, -0.2) is 0 Å². The van der Waals surface area contributed by atoms with Crippen molar-refractivity contribution >= 4 is 23.2 Å². The lowest BCUT2D eigenvalue weighted by molar-refractivity contribution is 0.0951. The molecule has 1 N–H and O–H groups in total. The third-order valence-electron chi connectivity index (χ3n) is 6.43. The van der Waals surface area contributed by atoms with E-state index in [0.717, 1.165) is 43.2 Å². The van der Waals surface area contributed by atoms with Gasteiger partial charge in [0.25, 0.3) is 5.91 Å². The van der Waals surface area contributed by atoms with Gasteiger partial charge in [-0.2, -0.15) is 0 Å². The summed E-state index contributed by atoms with van der Waals surface area (Å²) in [7, 11) is 3.32. The first-order valence-electron chi connectivity index (χ1n) is 11.8. The van der Waals surface area contributed by atoms with Crippen LogP contribution in [-0.2, 0) is 13.1 Å². The third-order valence-corrected chi connectivity index (χ3v) is 6.69. The minimum Gasteiger partial charge on any atom is -0.493 e. The number of benzene rings is 3. The maximum absolute atomic E-state index is 12.4. The number of anilines is 1. The Kier molecular flexibility index (Phi) is 8.16. The van der Waals surface area contributed by atoms with Gasteiger partial charge in [0, 0.05) is 55.0 Å². The lowest BCUT2D eigenvalue weighted by Gasteiger charge is -2.41. The number of piperazine rings is 1. The minimum absolute atomic E-state index is 0.107. The van der Waals surface area contributed by atoms with Crippen molar-refractivity contribution < 1.29 is 14.3 Å². The van der Waals surface area contributed by atoms with Crippen molar-refractivity contribution in [3.63, 3.8) is 0 Å². The first-order valence-corrected chi connectivity index (χ1v) is 12.2. The third kappa shape index (κ3) is 6.27. The largest absolute Gasteiger partial charge is 0.493 e. The number of nitrogens with one attached hydrogen (secondary N) is 1. The second-order valence-electron chi connectivity index (χ2n) is 8.81. The number of nitrogens with zero attached hydrogens (tertiary/aromatic N) is 2. The van der Waals surface area contributed by atoms with E-state index in [4.69, 9.17) is 21.1 Å². The number of halogens is 1. The number of carbonyl (C=O) groups excluding carboxylic acids is 1. The van der Waals surface area contributed by atoms with Gasteiger partial charge in [0.05, 0.1) is 14.2 Å². The van der Waals surface area contributed by atoms with Gasteiger partial charge in [-0.1, -0.05) is 29.8 Å². The first kappa shape index (κ1) is 24.9. The minimum atomic E-state index is -0.107. The fraction of sp³-hybridized carbons (Fsp3) is 0.321. The molecule has 1 amide bonds. The van der Waals surface area contributed by atoms with Crippen molar-refractivity contribution in [3.05, 3.63) is 88.4 Å². The molecule has 35 heavy (non-hydrogen) atoms. The molecule has 0 bridgehead atoms. The van der Waals surface area contributed by atoms with E-state index in [9.17, 15) is 4.79 Å². The Morgan fingerprint density at radius 1 is 0.971 bits per heavy atom. The van der Waals surface area contributed by atoms with Crippen LogP contribution in [0.3, 0.4) is 0 Å². The van der Waals surface area contributed by atoms with E-state index in [-0.39, 0.29) is 5.91 Å². The number of carbonyl (C=O) groups is 1. The van der Waals surface area contributed by atoms with Crippen molar-refractivity contribution in [2.24, 2.45) is 0 Å². The van der Waals surface area contributed by atoms with Crippen LogP contribution in [0.25, 0.3) is 0 Å². The zero-order valence-corrected chi connectivity index (χ0v) is 21.2. The number of ether oxygens (including phenoxy) is 2. The fourth-order valence-electron chi connectivity index (χ4n) is 4.43. The second kappa shape index (κ2) is 11.5. The summed E-state index contributed by atoms with van der Waals surface area (Å²) in [5, 5.41) is 3.62. The molecule has 1 aliphatic rings. The molecular formula is C28H32ClN3O3. The number of methoxy groups -OCH3 is 2. The smallest absolute Gasteiger partial charge is 0.251 e. The number of rotatable bonds is 8. The lowest BCUT2D eigenvalue weighted by atomic mass is 10.1. The molecule has 0 spiro atoms. The van der Waals surface area contributed by atoms with Crippen LogP contribution >= 0.6 is 11.6 Å². The highest BCUT2D eigenvalue weighted by Gasteiger charge is 2.24. The molecule has 1 saturated heterocycles. The average molecular weight is 494 g/mol. The van der Waals surface area contributed by atoms with E-state index in [1.54, 1.807) is 38.5 Å². The molecule has 7 heteroatoms. The lowest BCUT2D eigenvalue weighted by Crippen LogP contribution is -2.51. The van der Waals surface area contributed by atoms with E-state index >= 15 is 0 Å². The van der Waals surface area contributed by atoms with Crippen LogP contribution in [0.5, 0.6) is 11.5 Å². The molecule has 6 nitrogen and oxygen atoms in total. The Labute approximate surface area is 212 Å². The van der Waals surface area contributed by atoms with Gasteiger partial charge in [-0.05, 0) is 66.6 Å². The van der Waals surface area contributed by atoms with Crippen LogP contribution in [0.15, 0.2) is 66.7 Å². The van der Waals surface area contributed by atoms with Gasteiger partial charge in [0.2, 0.25) is 0 Å². The van der Waals surface area contributed by atoms with E-state index in [1.807, 2.05) is 12.1 Å². The molecule has 0 aromatic heterocycles. The summed E-state index contributed by atoms with van der Waals surface area (Å²) >= 11 is 5.91. The van der Waals surface area contributed by atoms with E-state index in [0.29, 0.717) is 23.2 Å². The monoisotopic (exact) mass is 493 g/mol. The van der Waals surface area contributed by atoms with Crippen LogP contribution in [0.1, 0.15) is 28.4 Å². The number of hydrogen-bond donors (Lipinski definition) is 1. The molecule has 4 rings (SSSR count). The molecule has 1 heterocycles. The van der Waals surface area contributed by atoms with E-state index in [2.05, 4.69) is 52.4 Å². The topological polar surface area (TPSA) is 54.0 Å². The summed E-state index contributed by atoms with van der Waals surface area (Å²) in [5.74, 6) is 1.40. The highest BCUT2D eigenvalue weighted by atomic mass is 35.5. The van der Waals surface area contributed by atoms with E-state index < -0.39 is 0 Å². The SMILES string of the molecule is COc1ccc(CN2CCN(c3cccc(CNC(=O)c4ccc(Cl)cc4)c3)CC2C)cc1OC. The summed E-state index contributed by atoms with van der Waals surface area (Å²) in [4.78, 5) is 17.3. The summed E-state index contributed by atoms with van der Waals surface area (Å²) in [6.45, 7) is 6.46. The maximum atomic E-state index is 12.4. The molecule has 0 saturated carbocycles. The molecule has 1 fully saturated rings. The molecule has 3 aromatic rings. The van der Waals surface area contributed by atoms with Crippen molar-refractivity contribution in [1.82, 2.24) is 10.2 Å². The summed E-state index contributed by atoms with van der Waals surface area (Å²) < 4.78 is 10.8. The zero-order chi connectivity index (χ0) is 24.8. The Bertz CT molecular complexity index is 1150. The van der Waals surface area contributed by atoms with E-state index in [1.165, 1.54) is 11.3 Å². The van der Waals surface area contributed by atoms with Gasteiger partial charge in [0.1, 0.15) is 0 Å². The molecule has 0 aliphatic carbocycles. The average Bonchev–Trinajstić information content (AvgIpc) is 2.89. The predicted molar refractivity (Wildman–Crippen MR) is 141 cm³/mol. The van der Waals surface area contributed by atoms with Crippen LogP contribution in [-0.4, -0.2) is 50.7 Å². The van der Waals surface area contributed by atoms with Gasteiger partial charge >= 0.3 is 0 Å². The molecular weight excluding hydrogens is 462 g/mol. The normalized spacial score (nSPS) is 16.1. The van der Waals surface area contributed by atoms with Gasteiger partial charge in [0.15, 0.2) is 11.5 Å². The molecule has 0 radical (unpaired) electrons. The van der Waals surface area contributed by atoms with Crippen molar-refractivity contribution in [2.45, 2.75) is 26.1 Å². The maximum Gasteiger partial charge on any atom is 0.251 e. The molecule has 184 valence electrons. The molecule has 3 aromatic carbocycles. The molecule has 1 aliphatic heterocycles. The number of amides is 1. The second-order valence-corrected chi connectivity index (χ2v) is 9.25. The standard InChI is InChI=1S/C28H32ClN3O3/c1-20-18-32(14-13-31(20)19-22-7-12-26(34-2)27(16-22)35-3)25-6-4-5-21(15-25)17-30-28(33)23-8-10-24(29)11-9-23/h4-12,15-16,20H,13-14,17-19H2,1-3H3,(H,30,33). The van der Waals surface area contributed by atoms with Crippen molar-refractivity contribution in [2.75, 3.05) is 38.8 Å². The Balaban J connectivity index is 1.34. The highest BCUT2D eigenvalue weighted by Crippen LogP contribution is 2.29. The van der Waals surface area contributed by atoms with Crippen LogP contribution < -0.4 is 19.7 Å². The predicted octanol–water partition coefficient (Wildman–Crippen LogP) is 5.00. The van der Waals surface area contributed by atoms with Crippen LogP contribution in [0.2, 0.25) is 5.02 Å². The van der Waals surface area contributed by atoms with Crippen LogP contribution in [0.4, 0.5) is 5.69 Å². The van der Waals surface area contributed by atoms with Gasteiger partial charge in [-0.15, -0.1) is 0 Å². The molecule has 1 atom stereocenters. The van der Waals surface area contributed by atoms with Gasteiger partial charge < -0.3 is 19.7 Å². The Morgan fingerprint density at radius 3 is 2.46 bits per heavy atom. The summed E-state index contributed by atoms with van der Waals surface area (Å²) in [6.07, 6.45) is 0. The quantitative estimate of drug-likeness (QED) is 0.478.